The second kappa shape index (κ2) is 8.82. The van der Waals surface area contributed by atoms with Gasteiger partial charge in [0.25, 0.3) is 0 Å². The van der Waals surface area contributed by atoms with Crippen LogP contribution in [-0.4, -0.2) is 17.9 Å². The number of anilines is 1. The summed E-state index contributed by atoms with van der Waals surface area (Å²) in [5, 5.41) is 14.7. The van der Waals surface area contributed by atoms with Crippen molar-refractivity contribution in [3.8, 4) is 11.8 Å². The number of nitrogens with zero attached hydrogens (tertiary/aromatic N) is 2. The first-order valence-electron chi connectivity index (χ1n) is 7.26. The quantitative estimate of drug-likeness (QED) is 0.469. The number of halogens is 3. The molecule has 2 N–H and O–H groups in total. The number of thiocarbonyl (C=S) groups is 1. The molecule has 0 heterocycles. The third kappa shape index (κ3) is 5.75. The lowest BCUT2D eigenvalue weighted by Gasteiger charge is -2.14. The molecule has 2 rings (SSSR count). The summed E-state index contributed by atoms with van der Waals surface area (Å²) < 4.78 is 43.9. The molecular weight excluding hydrogens is 365 g/mol. The normalized spacial score (nSPS) is 11.0. The lowest BCUT2D eigenvalue weighted by molar-refractivity contribution is -0.136. The predicted octanol–water partition coefficient (Wildman–Crippen LogP) is 3.93. The molecule has 134 valence electrons. The van der Waals surface area contributed by atoms with Crippen molar-refractivity contribution in [1.29, 1.82) is 5.26 Å². The number of hydrazone groups is 1. The van der Waals surface area contributed by atoms with Gasteiger partial charge in [0.2, 0.25) is 0 Å². The summed E-state index contributed by atoms with van der Waals surface area (Å²) in [5.74, 6) is 0.539. The fourth-order valence-electron chi connectivity index (χ4n) is 1.92. The molecule has 26 heavy (non-hydrogen) atoms. The smallest absolute Gasteiger partial charge is 0.418 e. The number of alkyl halides is 3. The molecule has 9 heteroatoms. The first-order valence-corrected chi connectivity index (χ1v) is 7.67. The zero-order valence-electron chi connectivity index (χ0n) is 13.2. The topological polar surface area (TPSA) is 69.4 Å². The van der Waals surface area contributed by atoms with Crippen LogP contribution in [0, 0.1) is 11.3 Å². The zero-order valence-corrected chi connectivity index (χ0v) is 14.1. The van der Waals surface area contributed by atoms with Crippen LogP contribution in [0.15, 0.2) is 53.6 Å². The van der Waals surface area contributed by atoms with Crippen LogP contribution in [0.25, 0.3) is 0 Å². The molecule has 0 saturated heterocycles. The van der Waals surface area contributed by atoms with Crippen LogP contribution < -0.4 is 15.5 Å². The zero-order chi connectivity index (χ0) is 19.0. The largest absolute Gasteiger partial charge is 0.479 e. The third-order valence-electron chi connectivity index (χ3n) is 3.04. The number of nitrogens with one attached hydrogen (secondary N) is 2. The van der Waals surface area contributed by atoms with E-state index in [0.717, 1.165) is 6.07 Å². The molecule has 2 aromatic carbocycles. The first kappa shape index (κ1) is 19.2. The molecule has 0 fully saturated rings. The molecule has 0 unspecified atom stereocenters. The maximum atomic E-state index is 12.9. The lowest BCUT2D eigenvalue weighted by atomic mass is 10.2. The monoisotopic (exact) mass is 378 g/mol. The summed E-state index contributed by atoms with van der Waals surface area (Å²) in [6.45, 7) is -0.0473. The highest BCUT2D eigenvalue weighted by Gasteiger charge is 2.33. The van der Waals surface area contributed by atoms with Gasteiger partial charge in [-0.15, -0.1) is 0 Å². The van der Waals surface area contributed by atoms with E-state index in [1.165, 1.54) is 24.4 Å². The van der Waals surface area contributed by atoms with Gasteiger partial charge in [-0.05, 0) is 54.2 Å². The maximum absolute atomic E-state index is 12.9. The van der Waals surface area contributed by atoms with E-state index in [2.05, 4.69) is 15.8 Å². The van der Waals surface area contributed by atoms with E-state index >= 15 is 0 Å². The SMILES string of the molecule is N#CCOc1ccc(/C=N\NC(=S)Nc2ccccc2C(F)(F)F)cc1. The van der Waals surface area contributed by atoms with Crippen LogP contribution in [0.4, 0.5) is 18.9 Å². The lowest BCUT2D eigenvalue weighted by Crippen LogP contribution is -2.25. The Labute approximate surface area is 153 Å². The molecule has 0 amide bonds. The highest BCUT2D eigenvalue weighted by Crippen LogP contribution is 2.34. The van der Waals surface area contributed by atoms with Gasteiger partial charge in [0.15, 0.2) is 11.7 Å². The van der Waals surface area contributed by atoms with Crippen LogP contribution in [-0.2, 0) is 6.18 Å². The van der Waals surface area contributed by atoms with E-state index in [1.54, 1.807) is 24.3 Å². The van der Waals surface area contributed by atoms with Crippen LogP contribution in [0.5, 0.6) is 5.75 Å². The summed E-state index contributed by atoms with van der Waals surface area (Å²) >= 11 is 4.95. The van der Waals surface area contributed by atoms with Crippen LogP contribution >= 0.6 is 12.2 Å². The molecule has 0 aliphatic rings. The van der Waals surface area contributed by atoms with Gasteiger partial charge in [0.05, 0.1) is 17.5 Å². The number of rotatable bonds is 5. The van der Waals surface area contributed by atoms with Gasteiger partial charge in [-0.25, -0.2) is 0 Å². The molecule has 0 bridgehead atoms. The van der Waals surface area contributed by atoms with Crippen molar-refractivity contribution in [2.75, 3.05) is 11.9 Å². The van der Waals surface area contributed by atoms with Crippen LogP contribution in [0.3, 0.4) is 0 Å². The molecule has 0 aliphatic carbocycles. The Morgan fingerprint density at radius 1 is 1.19 bits per heavy atom. The highest BCUT2D eigenvalue weighted by molar-refractivity contribution is 7.80. The first-order chi connectivity index (χ1) is 12.4. The average Bonchev–Trinajstić information content (AvgIpc) is 2.60. The molecule has 0 saturated carbocycles. The van der Waals surface area contributed by atoms with Gasteiger partial charge >= 0.3 is 6.18 Å². The number of ether oxygens (including phenoxy) is 1. The van der Waals surface area contributed by atoms with Gasteiger partial charge in [0, 0.05) is 0 Å². The Balaban J connectivity index is 1.93. The molecule has 0 aliphatic heterocycles. The minimum Gasteiger partial charge on any atom is -0.479 e. The standard InChI is InChI=1S/C17H13F3N4OS/c18-17(19,20)14-3-1-2-4-15(14)23-16(26)24-22-11-12-5-7-13(8-6-12)25-10-9-21/h1-8,11H,10H2,(H2,23,24,26)/b22-11-. The van der Waals surface area contributed by atoms with Gasteiger partial charge in [-0.2, -0.15) is 23.5 Å². The fraction of sp³-hybridized carbons (Fsp3) is 0.118. The van der Waals surface area contributed by atoms with Crippen molar-refractivity contribution < 1.29 is 17.9 Å². The molecule has 0 aromatic heterocycles. The molecule has 0 spiro atoms. The summed E-state index contributed by atoms with van der Waals surface area (Å²) in [7, 11) is 0. The van der Waals surface area contributed by atoms with Crippen molar-refractivity contribution in [2.45, 2.75) is 6.18 Å². The highest BCUT2D eigenvalue weighted by atomic mass is 32.1. The Hall–Kier alpha value is -3.12. The van der Waals surface area contributed by atoms with Gasteiger partial charge in [-0.1, -0.05) is 12.1 Å². The summed E-state index contributed by atoms with van der Waals surface area (Å²) in [6.07, 6.45) is -3.05. The van der Waals surface area contributed by atoms with Crippen LogP contribution in [0.2, 0.25) is 0 Å². The number of nitriles is 1. The molecule has 0 atom stereocenters. The maximum Gasteiger partial charge on any atom is 0.418 e. The Morgan fingerprint density at radius 3 is 2.54 bits per heavy atom. The second-order valence-corrected chi connectivity index (χ2v) is 5.29. The molecule has 2 aromatic rings. The van der Waals surface area contributed by atoms with E-state index in [1.807, 2.05) is 6.07 Å². The average molecular weight is 378 g/mol. The summed E-state index contributed by atoms with van der Waals surface area (Å²) in [6, 6.07) is 13.6. The van der Waals surface area contributed by atoms with Gasteiger partial charge in [-0.3, -0.25) is 5.43 Å². The number of hydrogen-bond donors (Lipinski definition) is 2. The Morgan fingerprint density at radius 2 is 1.88 bits per heavy atom. The predicted molar refractivity (Wildman–Crippen MR) is 95.9 cm³/mol. The second-order valence-electron chi connectivity index (χ2n) is 4.88. The van der Waals surface area contributed by atoms with Crippen molar-refractivity contribution in [3.63, 3.8) is 0 Å². The van der Waals surface area contributed by atoms with Crippen molar-refractivity contribution in [3.05, 3.63) is 59.7 Å². The number of hydrogen-bond acceptors (Lipinski definition) is 4. The van der Waals surface area contributed by atoms with E-state index in [0.29, 0.717) is 11.3 Å². The van der Waals surface area contributed by atoms with Crippen molar-refractivity contribution in [1.82, 2.24) is 5.43 Å². The minimum absolute atomic E-state index is 0.0473. The fourth-order valence-corrected chi connectivity index (χ4v) is 2.08. The molecule has 0 radical (unpaired) electrons. The Kier molecular flexibility index (Phi) is 6.52. The third-order valence-corrected chi connectivity index (χ3v) is 3.24. The van der Waals surface area contributed by atoms with Gasteiger partial charge < -0.3 is 10.1 Å². The number of benzene rings is 2. The van der Waals surface area contributed by atoms with E-state index < -0.39 is 11.7 Å². The Bertz CT molecular complexity index is 829. The van der Waals surface area contributed by atoms with E-state index in [4.69, 9.17) is 22.2 Å². The van der Waals surface area contributed by atoms with E-state index in [9.17, 15) is 13.2 Å². The van der Waals surface area contributed by atoms with Crippen molar-refractivity contribution in [2.24, 2.45) is 5.10 Å². The van der Waals surface area contributed by atoms with Gasteiger partial charge in [0.1, 0.15) is 11.8 Å². The van der Waals surface area contributed by atoms with E-state index in [-0.39, 0.29) is 17.4 Å². The van der Waals surface area contributed by atoms with Crippen LogP contribution in [0.1, 0.15) is 11.1 Å². The minimum atomic E-state index is -4.49. The summed E-state index contributed by atoms with van der Waals surface area (Å²) in [4.78, 5) is 0. The molecular formula is C17H13F3N4OS. The summed E-state index contributed by atoms with van der Waals surface area (Å²) in [5.41, 5.74) is 2.19. The molecule has 5 nitrogen and oxygen atoms in total. The number of para-hydroxylation sites is 1. The van der Waals surface area contributed by atoms with Crippen molar-refractivity contribution >= 4 is 29.2 Å².